The number of rotatable bonds is 4. The molecule has 2 aliphatic rings. The van der Waals surface area contributed by atoms with Crippen molar-refractivity contribution in [3.05, 3.63) is 51.0 Å². The van der Waals surface area contributed by atoms with E-state index >= 15 is 0 Å². The highest BCUT2D eigenvalue weighted by molar-refractivity contribution is 6.42. The van der Waals surface area contributed by atoms with Crippen LogP contribution in [0.25, 0.3) is 11.1 Å². The molecule has 1 amide bonds. The van der Waals surface area contributed by atoms with Crippen molar-refractivity contribution in [2.75, 3.05) is 44.8 Å². The lowest BCUT2D eigenvalue weighted by molar-refractivity contribution is 0.0258. The Morgan fingerprint density at radius 3 is 2.47 bits per heavy atom. The molecule has 0 bridgehead atoms. The molecule has 184 valence electrons. The van der Waals surface area contributed by atoms with Crippen molar-refractivity contribution in [2.45, 2.75) is 52.1 Å². The standard InChI is InChI=1S/C27H34Cl2N2O3/c1-27(2,3)34-26(32)31-12-9-18-16-20-6-5-11-30(14-15-33-4)25(20)24(21(18)10-13-31)19-7-8-22(28)23(29)17-19/h7-8,16-17H,5-6,9-15H2,1-4H3. The second-order valence-electron chi connectivity index (χ2n) is 10.1. The third-order valence-corrected chi connectivity index (χ3v) is 7.22. The van der Waals surface area contributed by atoms with Gasteiger partial charge in [0.05, 0.1) is 16.7 Å². The number of anilines is 1. The van der Waals surface area contributed by atoms with Crippen LogP contribution in [0.3, 0.4) is 0 Å². The van der Waals surface area contributed by atoms with Crippen molar-refractivity contribution < 1.29 is 14.3 Å². The Kier molecular flexibility index (Phi) is 7.66. The molecule has 34 heavy (non-hydrogen) atoms. The Balaban J connectivity index is 1.79. The molecule has 4 rings (SSSR count). The van der Waals surface area contributed by atoms with Crippen molar-refractivity contribution >= 4 is 35.0 Å². The molecule has 0 unspecified atom stereocenters. The molecule has 0 radical (unpaired) electrons. The maximum absolute atomic E-state index is 12.8. The van der Waals surface area contributed by atoms with Gasteiger partial charge < -0.3 is 19.3 Å². The molecule has 2 aromatic carbocycles. The van der Waals surface area contributed by atoms with Crippen LogP contribution in [0.15, 0.2) is 24.3 Å². The van der Waals surface area contributed by atoms with E-state index in [4.69, 9.17) is 32.7 Å². The van der Waals surface area contributed by atoms with E-state index in [1.807, 2.05) is 37.8 Å². The molecule has 2 heterocycles. The number of benzene rings is 2. The number of aryl methyl sites for hydroxylation is 1. The summed E-state index contributed by atoms with van der Waals surface area (Å²) < 4.78 is 11.1. The maximum atomic E-state index is 12.8. The summed E-state index contributed by atoms with van der Waals surface area (Å²) in [5, 5.41) is 1.10. The van der Waals surface area contributed by atoms with E-state index in [9.17, 15) is 4.79 Å². The van der Waals surface area contributed by atoms with E-state index in [0.29, 0.717) is 29.7 Å². The molecule has 5 nitrogen and oxygen atoms in total. The number of nitrogens with zero attached hydrogens (tertiary/aromatic N) is 2. The van der Waals surface area contributed by atoms with E-state index in [-0.39, 0.29) is 6.09 Å². The van der Waals surface area contributed by atoms with E-state index in [2.05, 4.69) is 17.0 Å². The van der Waals surface area contributed by atoms with E-state index in [1.54, 1.807) is 7.11 Å². The predicted octanol–water partition coefficient (Wildman–Crippen LogP) is 6.40. The fourth-order valence-electron chi connectivity index (χ4n) is 4.97. The summed E-state index contributed by atoms with van der Waals surface area (Å²) in [6, 6.07) is 8.27. The van der Waals surface area contributed by atoms with Crippen LogP contribution in [0.2, 0.25) is 10.0 Å². The second-order valence-corrected chi connectivity index (χ2v) is 10.9. The summed E-state index contributed by atoms with van der Waals surface area (Å²) in [5.41, 5.74) is 6.99. The van der Waals surface area contributed by atoms with Gasteiger partial charge in [-0.25, -0.2) is 4.79 Å². The highest BCUT2D eigenvalue weighted by Crippen LogP contribution is 2.44. The molecule has 2 aliphatic heterocycles. The lowest BCUT2D eigenvalue weighted by Crippen LogP contribution is -2.38. The van der Waals surface area contributed by atoms with Gasteiger partial charge >= 0.3 is 6.09 Å². The first-order chi connectivity index (χ1) is 16.2. The first-order valence-corrected chi connectivity index (χ1v) is 12.8. The minimum absolute atomic E-state index is 0.247. The van der Waals surface area contributed by atoms with Gasteiger partial charge in [-0.05, 0) is 80.8 Å². The van der Waals surface area contributed by atoms with Gasteiger partial charge in [-0.3, -0.25) is 0 Å². The minimum Gasteiger partial charge on any atom is -0.444 e. The zero-order valence-corrected chi connectivity index (χ0v) is 22.1. The van der Waals surface area contributed by atoms with Crippen LogP contribution in [-0.4, -0.2) is 56.5 Å². The van der Waals surface area contributed by atoms with Gasteiger partial charge in [0.2, 0.25) is 0 Å². The monoisotopic (exact) mass is 504 g/mol. The second kappa shape index (κ2) is 10.3. The molecule has 0 saturated heterocycles. The number of carbonyl (C=O) groups is 1. The quantitative estimate of drug-likeness (QED) is 0.483. The molecule has 2 aromatic rings. The average molecular weight is 505 g/mol. The van der Waals surface area contributed by atoms with Gasteiger partial charge in [-0.2, -0.15) is 0 Å². The van der Waals surface area contributed by atoms with Crippen LogP contribution in [0, 0.1) is 0 Å². The number of hydrogen-bond acceptors (Lipinski definition) is 4. The van der Waals surface area contributed by atoms with Crippen LogP contribution >= 0.6 is 23.2 Å². The number of fused-ring (bicyclic) bond motifs is 2. The van der Waals surface area contributed by atoms with Crippen molar-refractivity contribution in [1.29, 1.82) is 0 Å². The smallest absolute Gasteiger partial charge is 0.410 e. The van der Waals surface area contributed by atoms with Gasteiger partial charge in [0.25, 0.3) is 0 Å². The third kappa shape index (κ3) is 5.48. The summed E-state index contributed by atoms with van der Waals surface area (Å²) >= 11 is 12.7. The number of amides is 1. The number of carbonyl (C=O) groups excluding carboxylic acids is 1. The Morgan fingerprint density at radius 2 is 1.76 bits per heavy atom. The molecule has 7 heteroatoms. The van der Waals surface area contributed by atoms with Crippen LogP contribution in [-0.2, 0) is 28.7 Å². The summed E-state index contributed by atoms with van der Waals surface area (Å²) in [5.74, 6) is 0. The lowest BCUT2D eigenvalue weighted by atomic mass is 9.85. The Hall–Kier alpha value is -1.95. The molecule has 0 atom stereocenters. The molecule has 0 aromatic heterocycles. The topological polar surface area (TPSA) is 42.0 Å². The van der Waals surface area contributed by atoms with E-state index in [0.717, 1.165) is 44.3 Å². The largest absolute Gasteiger partial charge is 0.444 e. The van der Waals surface area contributed by atoms with Crippen molar-refractivity contribution in [1.82, 2.24) is 4.90 Å². The molecular weight excluding hydrogens is 471 g/mol. The third-order valence-electron chi connectivity index (χ3n) is 6.48. The Bertz CT molecular complexity index is 1060. The molecule has 0 saturated carbocycles. The first kappa shape index (κ1) is 25.2. The van der Waals surface area contributed by atoms with Gasteiger partial charge in [0, 0.05) is 44.5 Å². The minimum atomic E-state index is -0.512. The summed E-state index contributed by atoms with van der Waals surface area (Å²) in [7, 11) is 1.74. The molecule has 0 spiro atoms. The highest BCUT2D eigenvalue weighted by atomic mass is 35.5. The molecule has 0 aliphatic carbocycles. The van der Waals surface area contributed by atoms with E-state index < -0.39 is 5.60 Å². The van der Waals surface area contributed by atoms with Crippen molar-refractivity contribution in [3.8, 4) is 11.1 Å². The van der Waals surface area contributed by atoms with Gasteiger partial charge in [0.1, 0.15) is 5.60 Å². The maximum Gasteiger partial charge on any atom is 0.410 e. The number of methoxy groups -OCH3 is 1. The number of halogens is 2. The lowest BCUT2D eigenvalue weighted by Gasteiger charge is -2.35. The first-order valence-electron chi connectivity index (χ1n) is 12.0. The van der Waals surface area contributed by atoms with Gasteiger partial charge in [-0.1, -0.05) is 35.3 Å². The highest BCUT2D eigenvalue weighted by Gasteiger charge is 2.30. The van der Waals surface area contributed by atoms with Crippen molar-refractivity contribution in [2.24, 2.45) is 0 Å². The zero-order valence-electron chi connectivity index (χ0n) is 20.5. The SMILES string of the molecule is COCCN1CCCc2cc3c(c(-c4ccc(Cl)c(Cl)c4)c21)CCN(C(=O)OC(C)(C)C)CC3. The van der Waals surface area contributed by atoms with Crippen LogP contribution in [0.5, 0.6) is 0 Å². The number of ether oxygens (including phenoxy) is 2. The Morgan fingerprint density at radius 1 is 1.00 bits per heavy atom. The van der Waals surface area contributed by atoms with Crippen LogP contribution in [0.1, 0.15) is 43.9 Å². The zero-order chi connectivity index (χ0) is 24.5. The summed E-state index contributed by atoms with van der Waals surface area (Å²) in [6.07, 6.45) is 3.46. The fraction of sp³-hybridized carbons (Fsp3) is 0.519. The molecule has 0 fully saturated rings. The van der Waals surface area contributed by atoms with E-state index in [1.165, 1.54) is 27.9 Å². The summed E-state index contributed by atoms with van der Waals surface area (Å²) in [4.78, 5) is 17.1. The van der Waals surface area contributed by atoms with Gasteiger partial charge in [0.15, 0.2) is 0 Å². The normalized spacial score (nSPS) is 16.1. The van der Waals surface area contributed by atoms with Crippen LogP contribution in [0.4, 0.5) is 10.5 Å². The average Bonchev–Trinajstić information content (AvgIpc) is 2.99. The number of hydrogen-bond donors (Lipinski definition) is 0. The Labute approximate surface area is 212 Å². The fourth-order valence-corrected chi connectivity index (χ4v) is 5.27. The predicted molar refractivity (Wildman–Crippen MR) is 140 cm³/mol. The molecule has 0 N–H and O–H groups in total. The molecular formula is C27H34Cl2N2O3. The summed E-state index contributed by atoms with van der Waals surface area (Å²) in [6.45, 7) is 9.48. The van der Waals surface area contributed by atoms with Crippen LogP contribution < -0.4 is 4.90 Å². The van der Waals surface area contributed by atoms with Crippen molar-refractivity contribution in [3.63, 3.8) is 0 Å². The van der Waals surface area contributed by atoms with Gasteiger partial charge in [-0.15, -0.1) is 0 Å².